The number of ether oxygens (including phenoxy) is 1. The number of carboxylic acid groups (broad SMARTS) is 1. The molecule has 0 radical (unpaired) electrons. The fourth-order valence-electron chi connectivity index (χ4n) is 4.10. The third-order valence-electron chi connectivity index (χ3n) is 6.05. The highest BCUT2D eigenvalue weighted by Crippen LogP contribution is 2.27. The fraction of sp³-hybridized carbons (Fsp3) is 0.214. The molecule has 1 N–H and O–H groups in total. The summed E-state index contributed by atoms with van der Waals surface area (Å²) in [4.78, 5) is 18.1. The lowest BCUT2D eigenvalue weighted by Crippen LogP contribution is -2.37. The lowest BCUT2D eigenvalue weighted by Gasteiger charge is -2.20. The third-order valence-corrected chi connectivity index (χ3v) is 7.12. The molecule has 1 saturated heterocycles. The molecule has 1 aliphatic heterocycles. The first-order valence-electron chi connectivity index (χ1n) is 11.5. The molecule has 0 spiro atoms. The molecule has 0 unspecified atom stereocenters. The van der Waals surface area contributed by atoms with Crippen LogP contribution in [0.15, 0.2) is 83.3 Å². The van der Waals surface area contributed by atoms with Crippen LogP contribution in [0.5, 0.6) is 5.75 Å². The van der Waals surface area contributed by atoms with Crippen LogP contribution in [0, 0.1) is 6.92 Å². The van der Waals surface area contributed by atoms with Crippen molar-refractivity contribution in [2.24, 2.45) is 0 Å². The second kappa shape index (κ2) is 10.4. The first kappa shape index (κ1) is 23.2. The highest BCUT2D eigenvalue weighted by Gasteiger charge is 2.30. The molecule has 0 aliphatic carbocycles. The van der Waals surface area contributed by atoms with Gasteiger partial charge in [0, 0.05) is 23.7 Å². The number of hydrogen-bond acceptors (Lipinski definition) is 6. The summed E-state index contributed by atoms with van der Waals surface area (Å²) >= 11 is 1.65. The summed E-state index contributed by atoms with van der Waals surface area (Å²) < 4.78 is 11.9. The van der Waals surface area contributed by atoms with Crippen LogP contribution in [-0.4, -0.2) is 38.6 Å². The van der Waals surface area contributed by atoms with E-state index in [0.29, 0.717) is 18.2 Å². The van der Waals surface area contributed by atoms with Gasteiger partial charge in [-0.25, -0.2) is 4.98 Å². The molecule has 5 rings (SSSR count). The molecule has 35 heavy (non-hydrogen) atoms. The van der Waals surface area contributed by atoms with Crippen LogP contribution < -0.4 is 4.74 Å². The van der Waals surface area contributed by atoms with Crippen molar-refractivity contribution in [1.29, 1.82) is 0 Å². The van der Waals surface area contributed by atoms with Gasteiger partial charge in [0.25, 0.3) is 0 Å². The van der Waals surface area contributed by atoms with Gasteiger partial charge in [0.2, 0.25) is 5.89 Å². The van der Waals surface area contributed by atoms with Gasteiger partial charge in [0.1, 0.15) is 29.9 Å². The molecule has 0 amide bonds. The summed E-state index contributed by atoms with van der Waals surface area (Å²) in [5, 5.41) is 9.41. The molecule has 7 heteroatoms. The molecule has 1 atom stereocenters. The van der Waals surface area contributed by atoms with E-state index in [0.717, 1.165) is 39.8 Å². The van der Waals surface area contributed by atoms with Crippen molar-refractivity contribution in [2.75, 3.05) is 11.6 Å². The maximum Gasteiger partial charge on any atom is 0.321 e. The second-order valence-corrected chi connectivity index (χ2v) is 9.50. The number of aliphatic carboxylic acids is 1. The largest absolute Gasteiger partial charge is 0.487 e. The van der Waals surface area contributed by atoms with Gasteiger partial charge in [-0.1, -0.05) is 54.6 Å². The predicted octanol–water partition coefficient (Wildman–Crippen LogP) is 5.86. The first-order valence-corrected chi connectivity index (χ1v) is 12.6. The Morgan fingerprint density at radius 3 is 2.57 bits per heavy atom. The van der Waals surface area contributed by atoms with Gasteiger partial charge >= 0.3 is 5.97 Å². The average Bonchev–Trinajstić information content (AvgIpc) is 3.50. The number of aromatic nitrogens is 1. The van der Waals surface area contributed by atoms with Crippen LogP contribution in [0.25, 0.3) is 22.6 Å². The smallest absolute Gasteiger partial charge is 0.321 e. The van der Waals surface area contributed by atoms with Crippen molar-refractivity contribution in [3.63, 3.8) is 0 Å². The van der Waals surface area contributed by atoms with Crippen molar-refractivity contribution >= 4 is 17.7 Å². The first-order chi connectivity index (χ1) is 17.1. The number of thioether (sulfide) groups is 1. The maximum atomic E-state index is 11.5. The molecule has 3 aromatic carbocycles. The van der Waals surface area contributed by atoms with Crippen LogP contribution in [0.2, 0.25) is 0 Å². The molecule has 178 valence electrons. The summed E-state index contributed by atoms with van der Waals surface area (Å²) in [7, 11) is 0. The number of nitrogens with zero attached hydrogens (tertiary/aromatic N) is 2. The SMILES string of the molecule is Cc1oc(-c2ccc(-c3ccccc3)cc2)nc1COc1cccc(CN2CSC[C@H]2C(=O)O)c1. The van der Waals surface area contributed by atoms with Gasteiger partial charge in [-0.3, -0.25) is 9.69 Å². The summed E-state index contributed by atoms with van der Waals surface area (Å²) in [6.07, 6.45) is 0. The topological polar surface area (TPSA) is 75.8 Å². The molecule has 2 heterocycles. The van der Waals surface area contributed by atoms with E-state index >= 15 is 0 Å². The minimum Gasteiger partial charge on any atom is -0.487 e. The third kappa shape index (κ3) is 5.42. The zero-order chi connectivity index (χ0) is 24.2. The number of hydrogen-bond donors (Lipinski definition) is 1. The molecule has 4 aromatic rings. The normalized spacial score (nSPS) is 15.9. The van der Waals surface area contributed by atoms with E-state index in [-0.39, 0.29) is 6.61 Å². The monoisotopic (exact) mass is 486 g/mol. The molecular formula is C28H26N2O4S. The van der Waals surface area contributed by atoms with E-state index in [9.17, 15) is 9.90 Å². The Morgan fingerprint density at radius 1 is 1.06 bits per heavy atom. The summed E-state index contributed by atoms with van der Waals surface area (Å²) in [6, 6.07) is 25.7. The van der Waals surface area contributed by atoms with E-state index in [1.54, 1.807) is 11.8 Å². The van der Waals surface area contributed by atoms with E-state index < -0.39 is 12.0 Å². The van der Waals surface area contributed by atoms with Gasteiger partial charge in [0.15, 0.2) is 0 Å². The minimum atomic E-state index is -0.769. The van der Waals surface area contributed by atoms with Crippen LogP contribution in [0.3, 0.4) is 0 Å². The lowest BCUT2D eigenvalue weighted by molar-refractivity contribution is -0.141. The van der Waals surface area contributed by atoms with Crippen molar-refractivity contribution < 1.29 is 19.1 Å². The minimum absolute atomic E-state index is 0.290. The van der Waals surface area contributed by atoms with Crippen molar-refractivity contribution in [3.8, 4) is 28.3 Å². The standard InChI is InChI=1S/C28H26N2O4S/c1-19-25(29-27(34-19)23-12-10-22(11-13-23)21-7-3-2-4-8-21)16-33-24-9-5-6-20(14-24)15-30-18-35-17-26(30)28(31)32/h2-14,26H,15-18H2,1H3,(H,31,32)/t26-/m0/s1. The van der Waals surface area contributed by atoms with Crippen LogP contribution in [-0.2, 0) is 17.9 Å². The van der Waals surface area contributed by atoms with Gasteiger partial charge in [0.05, 0.1) is 0 Å². The quantitative estimate of drug-likeness (QED) is 0.334. The van der Waals surface area contributed by atoms with Gasteiger partial charge in [-0.05, 0) is 47.9 Å². The Labute approximate surface area is 208 Å². The van der Waals surface area contributed by atoms with E-state index in [2.05, 4.69) is 29.2 Å². The molecule has 6 nitrogen and oxygen atoms in total. The zero-order valence-electron chi connectivity index (χ0n) is 19.4. The fourth-order valence-corrected chi connectivity index (χ4v) is 5.29. The second-order valence-electron chi connectivity index (χ2n) is 8.50. The molecular weight excluding hydrogens is 460 g/mol. The summed E-state index contributed by atoms with van der Waals surface area (Å²) in [5.74, 6) is 2.58. The van der Waals surface area contributed by atoms with Gasteiger partial charge in [-0.2, -0.15) is 0 Å². The van der Waals surface area contributed by atoms with E-state index in [4.69, 9.17) is 9.15 Å². The number of rotatable bonds is 8. The van der Waals surface area contributed by atoms with Crippen LogP contribution in [0.4, 0.5) is 0 Å². The van der Waals surface area contributed by atoms with Crippen molar-refractivity contribution in [3.05, 3.63) is 95.9 Å². The molecule has 0 bridgehead atoms. The molecule has 1 aromatic heterocycles. The lowest BCUT2D eigenvalue weighted by atomic mass is 10.0. The predicted molar refractivity (Wildman–Crippen MR) is 137 cm³/mol. The number of oxazole rings is 1. The highest BCUT2D eigenvalue weighted by atomic mass is 32.2. The van der Waals surface area contributed by atoms with Gasteiger partial charge < -0.3 is 14.3 Å². The van der Waals surface area contributed by atoms with Crippen LogP contribution >= 0.6 is 11.8 Å². The van der Waals surface area contributed by atoms with E-state index in [1.165, 1.54) is 5.56 Å². The summed E-state index contributed by atoms with van der Waals surface area (Å²) in [5.41, 5.74) is 4.99. The number of benzene rings is 3. The Balaban J connectivity index is 1.24. The zero-order valence-corrected chi connectivity index (χ0v) is 20.2. The Morgan fingerprint density at radius 2 is 1.80 bits per heavy atom. The van der Waals surface area contributed by atoms with Crippen LogP contribution in [0.1, 0.15) is 17.0 Å². The number of aryl methyl sites for hydroxylation is 1. The number of carboxylic acids is 1. The molecule has 0 saturated carbocycles. The Kier molecular flexibility index (Phi) is 6.88. The molecule has 1 fully saturated rings. The van der Waals surface area contributed by atoms with Crippen molar-refractivity contribution in [2.45, 2.75) is 26.1 Å². The average molecular weight is 487 g/mol. The maximum absolute atomic E-state index is 11.5. The Bertz CT molecular complexity index is 1300. The molecule has 1 aliphatic rings. The highest BCUT2D eigenvalue weighted by molar-refractivity contribution is 7.99. The van der Waals surface area contributed by atoms with E-state index in [1.807, 2.05) is 66.4 Å². The van der Waals surface area contributed by atoms with Gasteiger partial charge in [-0.15, -0.1) is 11.8 Å². The summed E-state index contributed by atoms with van der Waals surface area (Å²) in [6.45, 7) is 2.76. The number of carbonyl (C=O) groups is 1. The Hall–Kier alpha value is -3.55. The van der Waals surface area contributed by atoms with Crippen molar-refractivity contribution in [1.82, 2.24) is 9.88 Å².